The van der Waals surface area contributed by atoms with Crippen molar-refractivity contribution in [1.82, 2.24) is 30.2 Å². The van der Waals surface area contributed by atoms with Gasteiger partial charge in [-0.15, -0.1) is 0 Å². The SMILES string of the molecule is COc1ccc(/C=C/C2NCCc3cc(OCc4ccccc4)c(OC)cc32)cc1OCc1ccccc1.COc1ccc(/C=C/C2c3cc(OC)c(OCc4ccccc4)cc3CCN2C(=O)c2cnccn2)cc1OCc1ccccc1.O=C(O)c1cnccn1. The third kappa shape index (κ3) is 17.8. The lowest BCUT2D eigenvalue weighted by Gasteiger charge is -2.36. The van der Waals surface area contributed by atoms with E-state index in [0.29, 0.717) is 73.8 Å². The Morgan fingerprint density at radius 3 is 1.31 bits per heavy atom. The van der Waals surface area contributed by atoms with Crippen molar-refractivity contribution in [2.75, 3.05) is 41.5 Å². The minimum Gasteiger partial charge on any atom is -0.493 e. The number of fused-ring (bicyclic) bond motifs is 2. The molecule has 2 atom stereocenters. The van der Waals surface area contributed by atoms with Crippen LogP contribution in [0.15, 0.2) is 231 Å². The summed E-state index contributed by atoms with van der Waals surface area (Å²) in [4.78, 5) is 41.2. The van der Waals surface area contributed by atoms with Crippen LogP contribution in [0, 0.1) is 0 Å². The largest absolute Gasteiger partial charge is 0.493 e. The molecule has 0 saturated carbocycles. The van der Waals surface area contributed by atoms with Crippen molar-refractivity contribution >= 4 is 24.0 Å². The number of nitrogens with zero attached hydrogens (tertiary/aromatic N) is 5. The van der Waals surface area contributed by atoms with Gasteiger partial charge in [0.2, 0.25) is 0 Å². The molecule has 4 heterocycles. The first-order chi connectivity index (χ1) is 45.7. The summed E-state index contributed by atoms with van der Waals surface area (Å²) in [6.45, 7) is 3.20. The van der Waals surface area contributed by atoms with E-state index < -0.39 is 12.0 Å². The lowest BCUT2D eigenvalue weighted by molar-refractivity contribution is 0.0683. The molecule has 10 aromatic rings. The van der Waals surface area contributed by atoms with E-state index in [0.717, 1.165) is 74.7 Å². The summed E-state index contributed by atoms with van der Waals surface area (Å²) in [5.41, 5.74) is 11.1. The molecule has 17 nitrogen and oxygen atoms in total. The van der Waals surface area contributed by atoms with Gasteiger partial charge in [-0.2, -0.15) is 0 Å². The number of rotatable bonds is 22. The summed E-state index contributed by atoms with van der Waals surface area (Å²) < 4.78 is 47.2. The van der Waals surface area contributed by atoms with Crippen molar-refractivity contribution in [2.24, 2.45) is 0 Å². The fourth-order valence-electron chi connectivity index (χ4n) is 10.5. The maximum Gasteiger partial charge on any atom is 0.356 e. The van der Waals surface area contributed by atoms with E-state index in [1.54, 1.807) is 34.6 Å². The molecule has 472 valence electrons. The number of carboxylic acids is 1. The molecule has 0 bridgehead atoms. The van der Waals surface area contributed by atoms with Gasteiger partial charge in [0.1, 0.15) is 32.1 Å². The maximum atomic E-state index is 13.8. The van der Waals surface area contributed by atoms with Crippen LogP contribution in [-0.4, -0.2) is 83.3 Å². The lowest BCUT2D eigenvalue weighted by Crippen LogP contribution is -2.39. The van der Waals surface area contributed by atoms with Gasteiger partial charge < -0.3 is 53.2 Å². The quantitative estimate of drug-likeness (QED) is 0.0650. The second-order valence-electron chi connectivity index (χ2n) is 21.4. The van der Waals surface area contributed by atoms with Crippen molar-refractivity contribution in [3.63, 3.8) is 0 Å². The first kappa shape index (κ1) is 64.7. The summed E-state index contributed by atoms with van der Waals surface area (Å²) in [5, 5.41) is 11.9. The van der Waals surface area contributed by atoms with Gasteiger partial charge in [-0.3, -0.25) is 14.8 Å². The van der Waals surface area contributed by atoms with Gasteiger partial charge in [0, 0.05) is 37.9 Å². The van der Waals surface area contributed by atoms with Gasteiger partial charge >= 0.3 is 5.97 Å². The van der Waals surface area contributed by atoms with Crippen LogP contribution in [0.3, 0.4) is 0 Å². The van der Waals surface area contributed by atoms with E-state index in [1.807, 2.05) is 163 Å². The number of carbonyl (C=O) groups excluding carboxylic acids is 1. The Hall–Kier alpha value is -11.3. The Morgan fingerprint density at radius 2 is 0.892 bits per heavy atom. The fraction of sp³-hybridized carbons (Fsp3) is 0.184. The summed E-state index contributed by atoms with van der Waals surface area (Å²) in [6.07, 6.45) is 18.5. The summed E-state index contributed by atoms with van der Waals surface area (Å²) in [7, 11) is 6.60. The Bertz CT molecular complexity index is 4090. The van der Waals surface area contributed by atoms with Crippen LogP contribution in [0.25, 0.3) is 12.2 Å². The predicted molar refractivity (Wildman–Crippen MR) is 356 cm³/mol. The molecule has 0 spiro atoms. The number of hydrogen-bond donors (Lipinski definition) is 2. The molecular formula is C76H72N6O11. The van der Waals surface area contributed by atoms with Crippen LogP contribution < -0.4 is 43.2 Å². The molecule has 0 fully saturated rings. The molecule has 0 saturated heterocycles. The highest BCUT2D eigenvalue weighted by Crippen LogP contribution is 2.41. The zero-order valence-electron chi connectivity index (χ0n) is 52.2. The smallest absolute Gasteiger partial charge is 0.356 e. The van der Waals surface area contributed by atoms with Gasteiger partial charge in [0.05, 0.1) is 52.9 Å². The zero-order valence-corrected chi connectivity index (χ0v) is 52.2. The van der Waals surface area contributed by atoms with Gasteiger partial charge in [-0.1, -0.05) is 158 Å². The van der Waals surface area contributed by atoms with Gasteiger partial charge in [-0.05, 0) is 117 Å². The van der Waals surface area contributed by atoms with E-state index in [2.05, 4.69) is 73.8 Å². The Balaban J connectivity index is 0.000000181. The number of ether oxygens (including phenoxy) is 8. The molecular weight excluding hydrogens is 1170 g/mol. The number of benzene rings is 8. The number of aromatic carboxylic acids is 1. The molecule has 2 aliphatic heterocycles. The summed E-state index contributed by atoms with van der Waals surface area (Å²) in [5.74, 6) is 4.24. The summed E-state index contributed by atoms with van der Waals surface area (Å²) >= 11 is 0. The number of amides is 1. The Labute approximate surface area is 541 Å². The molecule has 93 heavy (non-hydrogen) atoms. The monoisotopic (exact) mass is 1240 g/mol. The third-order valence-electron chi connectivity index (χ3n) is 15.3. The standard InChI is InChI=1S/C38H35N3O5.C33H33NO4.C5H4N2O2/c1-43-34-16-14-27(21-36(34)45-25-28-9-5-3-6-10-28)13-15-33-31-23-35(44-2)37(46-26-29-11-7-4-8-12-29)22-30(31)17-20-41(33)38(42)32-24-39-18-19-40-32;1-35-30-16-14-24(19-32(30)37-22-25-9-5-3-6-10-25)13-15-29-28-21-31(36-2)33(20-27(28)17-18-34-29)38-23-26-11-7-4-8-12-26;8-5(9)4-3-6-1-2-7-4/h3-16,18-19,21-24,33H,17,20,25-26H2,1-2H3;3-16,19-21,29,34H,17-18,22-23H2,1-2H3;1-3H,(H,8,9)/b2*15-13+;. The molecule has 1 amide bonds. The lowest BCUT2D eigenvalue weighted by atomic mass is 9.90. The molecule has 0 aliphatic carbocycles. The van der Waals surface area contributed by atoms with Crippen molar-refractivity contribution in [2.45, 2.75) is 51.4 Å². The van der Waals surface area contributed by atoms with Crippen LogP contribution in [0.1, 0.15) is 88.7 Å². The maximum absolute atomic E-state index is 13.8. The molecule has 8 aromatic carbocycles. The molecule has 17 heteroatoms. The number of aromatic nitrogens is 4. The Kier molecular flexibility index (Phi) is 22.9. The van der Waals surface area contributed by atoms with Crippen molar-refractivity contribution in [3.8, 4) is 46.0 Å². The molecule has 2 aromatic heterocycles. The molecule has 12 rings (SSSR count). The molecule has 2 aliphatic rings. The van der Waals surface area contributed by atoms with Crippen molar-refractivity contribution in [3.05, 3.63) is 298 Å². The average Bonchev–Trinajstić information content (AvgIpc) is 0.860. The van der Waals surface area contributed by atoms with E-state index in [1.165, 1.54) is 42.1 Å². The van der Waals surface area contributed by atoms with Gasteiger partial charge in [0.25, 0.3) is 5.91 Å². The highest BCUT2D eigenvalue weighted by atomic mass is 16.5. The first-order valence-corrected chi connectivity index (χ1v) is 30.3. The molecule has 2 unspecified atom stereocenters. The van der Waals surface area contributed by atoms with Crippen LogP contribution in [0.2, 0.25) is 0 Å². The van der Waals surface area contributed by atoms with E-state index in [9.17, 15) is 9.59 Å². The third-order valence-corrected chi connectivity index (χ3v) is 15.3. The highest BCUT2D eigenvalue weighted by Gasteiger charge is 2.32. The van der Waals surface area contributed by atoms with Crippen LogP contribution >= 0.6 is 0 Å². The molecule has 2 N–H and O–H groups in total. The zero-order chi connectivity index (χ0) is 64.6. The Morgan fingerprint density at radius 1 is 0.473 bits per heavy atom. The van der Waals surface area contributed by atoms with E-state index in [4.69, 9.17) is 43.0 Å². The number of carbonyl (C=O) groups is 2. The van der Waals surface area contributed by atoms with Gasteiger partial charge in [-0.25, -0.2) is 14.8 Å². The van der Waals surface area contributed by atoms with Crippen LogP contribution in [0.5, 0.6) is 46.0 Å². The fourth-order valence-corrected chi connectivity index (χ4v) is 10.5. The topological polar surface area (TPSA) is 195 Å². The molecule has 0 radical (unpaired) electrons. The number of methoxy groups -OCH3 is 4. The number of hydrogen-bond acceptors (Lipinski definition) is 15. The van der Waals surface area contributed by atoms with E-state index in [-0.39, 0.29) is 17.6 Å². The second-order valence-corrected chi connectivity index (χ2v) is 21.4. The first-order valence-electron chi connectivity index (χ1n) is 30.3. The van der Waals surface area contributed by atoms with Gasteiger partial charge in [0.15, 0.2) is 51.7 Å². The van der Waals surface area contributed by atoms with Crippen molar-refractivity contribution in [1.29, 1.82) is 0 Å². The van der Waals surface area contributed by atoms with Crippen LogP contribution in [-0.2, 0) is 39.3 Å². The number of nitrogens with one attached hydrogen (secondary N) is 1. The highest BCUT2D eigenvalue weighted by molar-refractivity contribution is 5.93. The average molecular weight is 1250 g/mol. The summed E-state index contributed by atoms with van der Waals surface area (Å²) in [6, 6.07) is 60.0. The van der Waals surface area contributed by atoms with E-state index >= 15 is 0 Å². The minimum absolute atomic E-state index is 0.0301. The predicted octanol–water partition coefficient (Wildman–Crippen LogP) is 14.0. The minimum atomic E-state index is -1.05. The van der Waals surface area contributed by atoms with Crippen LogP contribution in [0.4, 0.5) is 0 Å². The normalized spacial score (nSPS) is 13.8. The second kappa shape index (κ2) is 33.0. The van der Waals surface area contributed by atoms with Crippen molar-refractivity contribution < 1.29 is 52.6 Å². The number of carboxylic acid groups (broad SMARTS) is 1.